The van der Waals surface area contributed by atoms with Crippen molar-refractivity contribution in [2.45, 2.75) is 69.3 Å². The molecule has 7 atom stereocenters. The van der Waals surface area contributed by atoms with Gasteiger partial charge in [-0.2, -0.15) is 0 Å². The summed E-state index contributed by atoms with van der Waals surface area (Å²) in [6, 6.07) is 7.52. The minimum absolute atomic E-state index is 0.0835. The lowest BCUT2D eigenvalue weighted by molar-refractivity contribution is -0.177. The third-order valence-corrected chi connectivity index (χ3v) is 11.3. The van der Waals surface area contributed by atoms with E-state index in [0.29, 0.717) is 23.6 Å². The van der Waals surface area contributed by atoms with E-state index in [1.165, 1.54) is 17.3 Å². The fourth-order valence-corrected chi connectivity index (χ4v) is 9.44. The van der Waals surface area contributed by atoms with Crippen LogP contribution in [0.2, 0.25) is 0 Å². The summed E-state index contributed by atoms with van der Waals surface area (Å²) in [5.74, 6) is 1.27. The average molecular weight is 521 g/mol. The van der Waals surface area contributed by atoms with Crippen LogP contribution in [0.25, 0.3) is 17.2 Å². The lowest BCUT2D eigenvalue weighted by atomic mass is 9.45. The Morgan fingerprint density at radius 1 is 1.24 bits per heavy atom. The zero-order valence-electron chi connectivity index (χ0n) is 21.1. The van der Waals surface area contributed by atoms with Gasteiger partial charge in [0.1, 0.15) is 11.1 Å². The van der Waals surface area contributed by atoms with Gasteiger partial charge < -0.3 is 19.2 Å². The number of aliphatic hydroxyl groups is 2. The molecule has 2 N–H and O–H groups in total. The highest BCUT2D eigenvalue weighted by Crippen LogP contribution is 2.67. The molecule has 4 unspecified atom stereocenters. The highest BCUT2D eigenvalue weighted by molar-refractivity contribution is 7.99. The Morgan fingerprint density at radius 3 is 2.92 bits per heavy atom. The van der Waals surface area contributed by atoms with Gasteiger partial charge in [-0.1, -0.05) is 48.5 Å². The standard InChI is InChI=1S/C29H32N2O5S/c1-27-12-16-14-30-36-23(16)11-17(27)7-8-18-19-9-10-29(34,28(19,2)13-21(32)25(18)27)24(33)15-37-26-31-20-5-3-4-6-22(20)35-26/h3-6,11,14,18-19,21,25,32,34H,7-10,12-13,15H2,1-2H3/t18?,19?,21?,25?,27-,28-,29-/m0/s1. The molecule has 37 heavy (non-hydrogen) atoms. The SMILES string of the molecule is C[C@]12Cc3cnoc3C=C1CCC1C2C(O)C[C@@]2(C)C1CC[C@]2(O)C(=O)CSc1nc2ccccc2o1. The molecule has 7 nitrogen and oxygen atoms in total. The van der Waals surface area contributed by atoms with Crippen molar-refractivity contribution in [1.82, 2.24) is 10.1 Å². The molecule has 0 saturated heterocycles. The van der Waals surface area contributed by atoms with E-state index in [9.17, 15) is 15.0 Å². The van der Waals surface area contributed by atoms with Crippen molar-refractivity contribution >= 4 is 34.7 Å². The second-order valence-electron chi connectivity index (χ2n) is 12.1. The fourth-order valence-electron chi connectivity index (χ4n) is 8.64. The summed E-state index contributed by atoms with van der Waals surface area (Å²) in [6.07, 6.45) is 7.71. The zero-order chi connectivity index (χ0) is 25.6. The monoisotopic (exact) mass is 520 g/mol. The van der Waals surface area contributed by atoms with E-state index in [0.717, 1.165) is 42.5 Å². The predicted molar refractivity (Wildman–Crippen MR) is 139 cm³/mol. The number of aliphatic hydroxyl groups excluding tert-OH is 1. The molecule has 0 radical (unpaired) electrons. The van der Waals surface area contributed by atoms with Crippen LogP contribution in [0, 0.1) is 28.6 Å². The Hall–Kier alpha value is -2.42. The first-order valence-electron chi connectivity index (χ1n) is 13.3. The van der Waals surface area contributed by atoms with Crippen LogP contribution in [-0.4, -0.2) is 43.6 Å². The first kappa shape index (κ1) is 23.7. The van der Waals surface area contributed by atoms with Gasteiger partial charge in [0.05, 0.1) is 18.1 Å². The number of para-hydroxylation sites is 2. The topological polar surface area (TPSA) is 110 Å². The number of aromatic nitrogens is 2. The van der Waals surface area contributed by atoms with Crippen LogP contribution in [0.15, 0.2) is 50.2 Å². The molecule has 7 rings (SSSR count). The molecule has 3 aromatic rings. The summed E-state index contributed by atoms with van der Waals surface area (Å²) >= 11 is 1.24. The maximum atomic E-state index is 13.6. The maximum Gasteiger partial charge on any atom is 0.257 e. The van der Waals surface area contributed by atoms with Gasteiger partial charge in [0.25, 0.3) is 5.22 Å². The van der Waals surface area contributed by atoms with Crippen molar-refractivity contribution < 1.29 is 23.9 Å². The first-order valence-corrected chi connectivity index (χ1v) is 14.3. The van der Waals surface area contributed by atoms with Crippen molar-refractivity contribution in [3.8, 4) is 0 Å². The zero-order valence-corrected chi connectivity index (χ0v) is 22.0. The van der Waals surface area contributed by atoms with Crippen LogP contribution in [0.5, 0.6) is 0 Å². The molecule has 4 aliphatic rings. The second kappa shape index (κ2) is 8.04. The molecule has 0 aliphatic heterocycles. The third-order valence-electron chi connectivity index (χ3n) is 10.4. The molecule has 3 saturated carbocycles. The summed E-state index contributed by atoms with van der Waals surface area (Å²) in [6.45, 7) is 4.32. The molecular formula is C29H32N2O5S. The second-order valence-corrected chi connectivity index (χ2v) is 13.0. The van der Waals surface area contributed by atoms with Crippen molar-refractivity contribution in [2.75, 3.05) is 5.75 Å². The van der Waals surface area contributed by atoms with Gasteiger partial charge in [0, 0.05) is 11.0 Å². The molecule has 194 valence electrons. The van der Waals surface area contributed by atoms with Crippen LogP contribution < -0.4 is 0 Å². The predicted octanol–water partition coefficient (Wildman–Crippen LogP) is 5.06. The number of nitrogens with zero attached hydrogens (tertiary/aromatic N) is 2. The van der Waals surface area contributed by atoms with Gasteiger partial charge in [-0.25, -0.2) is 4.98 Å². The van der Waals surface area contributed by atoms with Crippen LogP contribution in [0.4, 0.5) is 0 Å². The van der Waals surface area contributed by atoms with Gasteiger partial charge in [-0.15, -0.1) is 0 Å². The normalized spacial score (nSPS) is 38.4. The van der Waals surface area contributed by atoms with Crippen LogP contribution in [0.3, 0.4) is 0 Å². The van der Waals surface area contributed by atoms with E-state index in [1.807, 2.05) is 31.2 Å². The van der Waals surface area contributed by atoms with E-state index < -0.39 is 17.1 Å². The smallest absolute Gasteiger partial charge is 0.257 e. The third kappa shape index (κ3) is 3.25. The number of benzene rings is 1. The summed E-state index contributed by atoms with van der Waals surface area (Å²) in [5.41, 5.74) is 1.57. The van der Waals surface area contributed by atoms with E-state index in [-0.39, 0.29) is 34.7 Å². The van der Waals surface area contributed by atoms with Gasteiger partial charge in [-0.3, -0.25) is 4.79 Å². The number of carbonyl (C=O) groups is 1. The summed E-state index contributed by atoms with van der Waals surface area (Å²) in [5, 5.41) is 28.1. The number of thioether (sulfide) groups is 1. The van der Waals surface area contributed by atoms with Gasteiger partial charge in [-0.05, 0) is 79.9 Å². The number of ketones is 1. The number of hydrogen-bond acceptors (Lipinski definition) is 8. The number of hydrogen-bond donors (Lipinski definition) is 2. The Labute approximate surface area is 219 Å². The van der Waals surface area contributed by atoms with Crippen molar-refractivity contribution in [1.29, 1.82) is 0 Å². The van der Waals surface area contributed by atoms with E-state index in [1.54, 1.807) is 6.20 Å². The van der Waals surface area contributed by atoms with Gasteiger partial charge >= 0.3 is 0 Å². The van der Waals surface area contributed by atoms with Crippen LogP contribution in [-0.2, 0) is 11.2 Å². The van der Waals surface area contributed by atoms with E-state index in [4.69, 9.17) is 8.94 Å². The quantitative estimate of drug-likeness (QED) is 0.460. The minimum atomic E-state index is -1.46. The number of rotatable bonds is 4. The fraction of sp³-hybridized carbons (Fsp3) is 0.552. The summed E-state index contributed by atoms with van der Waals surface area (Å²) < 4.78 is 11.2. The summed E-state index contributed by atoms with van der Waals surface area (Å²) in [7, 11) is 0. The molecule has 2 heterocycles. The Balaban J connectivity index is 1.14. The number of Topliss-reactive ketones (excluding diaryl/α,β-unsaturated/α-hetero) is 1. The number of oxazole rings is 1. The highest BCUT2D eigenvalue weighted by Gasteiger charge is 2.68. The van der Waals surface area contributed by atoms with Crippen molar-refractivity contribution in [2.24, 2.45) is 28.6 Å². The lowest BCUT2D eigenvalue weighted by Gasteiger charge is -2.60. The molecule has 0 amide bonds. The maximum absolute atomic E-state index is 13.6. The minimum Gasteiger partial charge on any atom is -0.431 e. The molecule has 2 aromatic heterocycles. The largest absolute Gasteiger partial charge is 0.431 e. The average Bonchev–Trinajstić information content (AvgIpc) is 3.56. The number of allylic oxidation sites excluding steroid dienone is 1. The number of fused-ring (bicyclic) bond motifs is 7. The molecule has 1 aromatic carbocycles. The summed E-state index contributed by atoms with van der Waals surface area (Å²) in [4.78, 5) is 18.1. The van der Waals surface area contributed by atoms with E-state index in [2.05, 4.69) is 23.1 Å². The van der Waals surface area contributed by atoms with Crippen LogP contribution in [0.1, 0.15) is 57.3 Å². The van der Waals surface area contributed by atoms with Gasteiger partial charge in [0.15, 0.2) is 17.1 Å². The first-order chi connectivity index (χ1) is 17.7. The van der Waals surface area contributed by atoms with Crippen molar-refractivity contribution in [3.05, 3.63) is 47.4 Å². The Kier molecular flexibility index (Phi) is 5.15. The molecule has 0 bridgehead atoms. The number of carbonyl (C=O) groups excluding carboxylic acids is 1. The molecule has 8 heteroatoms. The molecular weight excluding hydrogens is 488 g/mol. The Bertz CT molecular complexity index is 1400. The van der Waals surface area contributed by atoms with E-state index >= 15 is 0 Å². The Morgan fingerprint density at radius 2 is 2.08 bits per heavy atom. The van der Waals surface area contributed by atoms with Crippen LogP contribution >= 0.6 is 11.8 Å². The van der Waals surface area contributed by atoms with Gasteiger partial charge in [0.2, 0.25) is 0 Å². The van der Waals surface area contributed by atoms with Crippen molar-refractivity contribution in [3.63, 3.8) is 0 Å². The lowest BCUT2D eigenvalue weighted by Crippen LogP contribution is -2.62. The molecule has 0 spiro atoms. The molecule has 4 aliphatic carbocycles. The highest BCUT2D eigenvalue weighted by atomic mass is 32.2. The molecule has 3 fully saturated rings.